The van der Waals surface area contributed by atoms with Crippen LogP contribution in [0.3, 0.4) is 0 Å². The largest absolute Gasteiger partial charge is 0.316 e. The molecule has 0 atom stereocenters. The van der Waals surface area contributed by atoms with E-state index >= 15 is 0 Å². The van der Waals surface area contributed by atoms with Gasteiger partial charge < -0.3 is 5.32 Å². The summed E-state index contributed by atoms with van der Waals surface area (Å²) in [7, 11) is 1.95. The van der Waals surface area contributed by atoms with Gasteiger partial charge in [-0.1, -0.05) is 41.1 Å². The lowest BCUT2D eigenvalue weighted by Crippen LogP contribution is -2.08. The number of benzene rings is 2. The van der Waals surface area contributed by atoms with Gasteiger partial charge in [-0.15, -0.1) is 5.10 Å². The number of hydrogen-bond acceptors (Lipinski definition) is 3. The SMILES string of the molecule is CNCc1ccc(C)cc1-c1cnnn1-c1ccccc1. The Morgan fingerprint density at radius 1 is 1.10 bits per heavy atom. The molecule has 4 heteroatoms. The second kappa shape index (κ2) is 5.89. The molecule has 2 aromatic carbocycles. The van der Waals surface area contributed by atoms with Crippen LogP contribution in [0.25, 0.3) is 16.9 Å². The molecule has 21 heavy (non-hydrogen) atoms. The molecule has 0 saturated heterocycles. The van der Waals surface area contributed by atoms with Gasteiger partial charge in [0, 0.05) is 12.1 Å². The van der Waals surface area contributed by atoms with Crippen molar-refractivity contribution in [3.8, 4) is 16.9 Å². The normalized spacial score (nSPS) is 10.8. The highest BCUT2D eigenvalue weighted by molar-refractivity contribution is 5.66. The standard InChI is InChI=1S/C17H18N4/c1-13-8-9-14(11-18-2)16(10-13)17-12-19-20-21(17)15-6-4-3-5-7-15/h3-10,12,18H,11H2,1-2H3. The van der Waals surface area contributed by atoms with Gasteiger partial charge in [-0.05, 0) is 37.7 Å². The number of nitrogens with one attached hydrogen (secondary N) is 1. The molecule has 0 aliphatic rings. The van der Waals surface area contributed by atoms with Crippen LogP contribution in [0.4, 0.5) is 0 Å². The first-order chi connectivity index (χ1) is 10.3. The van der Waals surface area contributed by atoms with Crippen molar-refractivity contribution in [2.45, 2.75) is 13.5 Å². The summed E-state index contributed by atoms with van der Waals surface area (Å²) >= 11 is 0. The van der Waals surface area contributed by atoms with E-state index in [0.717, 1.165) is 17.9 Å². The van der Waals surface area contributed by atoms with Gasteiger partial charge in [0.15, 0.2) is 0 Å². The highest BCUT2D eigenvalue weighted by atomic mass is 15.4. The van der Waals surface area contributed by atoms with Crippen molar-refractivity contribution in [1.29, 1.82) is 0 Å². The van der Waals surface area contributed by atoms with Crippen LogP contribution in [-0.2, 0) is 6.54 Å². The first-order valence-corrected chi connectivity index (χ1v) is 7.00. The third kappa shape index (κ3) is 2.71. The fourth-order valence-electron chi connectivity index (χ4n) is 2.45. The van der Waals surface area contributed by atoms with E-state index in [-0.39, 0.29) is 0 Å². The molecule has 0 aliphatic carbocycles. The second-order valence-electron chi connectivity index (χ2n) is 5.06. The Balaban J connectivity index is 2.14. The van der Waals surface area contributed by atoms with E-state index in [1.807, 2.05) is 48.3 Å². The summed E-state index contributed by atoms with van der Waals surface area (Å²) in [5.74, 6) is 0. The van der Waals surface area contributed by atoms with E-state index in [0.29, 0.717) is 0 Å². The molecule has 1 N–H and O–H groups in total. The Labute approximate surface area is 124 Å². The third-order valence-corrected chi connectivity index (χ3v) is 3.46. The van der Waals surface area contributed by atoms with Crippen molar-refractivity contribution in [2.75, 3.05) is 7.05 Å². The van der Waals surface area contributed by atoms with Crippen LogP contribution in [0.1, 0.15) is 11.1 Å². The average Bonchev–Trinajstić information content (AvgIpc) is 2.99. The zero-order chi connectivity index (χ0) is 14.7. The topological polar surface area (TPSA) is 42.7 Å². The molecule has 0 aliphatic heterocycles. The maximum Gasteiger partial charge on any atom is 0.0947 e. The van der Waals surface area contributed by atoms with Gasteiger partial charge in [0.25, 0.3) is 0 Å². The zero-order valence-electron chi connectivity index (χ0n) is 12.2. The molecule has 0 radical (unpaired) electrons. The second-order valence-corrected chi connectivity index (χ2v) is 5.06. The fraction of sp³-hybridized carbons (Fsp3) is 0.176. The number of hydrogen-bond donors (Lipinski definition) is 1. The van der Waals surface area contributed by atoms with E-state index in [4.69, 9.17) is 0 Å². The van der Waals surface area contributed by atoms with Gasteiger partial charge in [0.05, 0.1) is 17.6 Å². The van der Waals surface area contributed by atoms with Crippen LogP contribution in [-0.4, -0.2) is 22.0 Å². The van der Waals surface area contributed by atoms with Crippen LogP contribution in [0.5, 0.6) is 0 Å². The Bertz CT molecular complexity index is 732. The zero-order valence-corrected chi connectivity index (χ0v) is 12.2. The van der Waals surface area contributed by atoms with Crippen molar-refractivity contribution in [3.05, 3.63) is 65.9 Å². The summed E-state index contributed by atoms with van der Waals surface area (Å²) in [6.45, 7) is 2.92. The summed E-state index contributed by atoms with van der Waals surface area (Å²) in [6, 6.07) is 16.6. The fourth-order valence-corrected chi connectivity index (χ4v) is 2.45. The summed E-state index contributed by atoms with van der Waals surface area (Å²) in [6.07, 6.45) is 1.82. The monoisotopic (exact) mass is 278 g/mol. The summed E-state index contributed by atoms with van der Waals surface area (Å²) in [4.78, 5) is 0. The van der Waals surface area contributed by atoms with E-state index in [1.165, 1.54) is 16.7 Å². The Hall–Kier alpha value is -2.46. The van der Waals surface area contributed by atoms with E-state index in [1.54, 1.807) is 0 Å². The molecule has 3 rings (SSSR count). The van der Waals surface area contributed by atoms with Crippen LogP contribution in [0, 0.1) is 6.92 Å². The molecule has 0 amide bonds. The number of aryl methyl sites for hydroxylation is 1. The molecule has 3 aromatic rings. The van der Waals surface area contributed by atoms with Crippen molar-refractivity contribution in [3.63, 3.8) is 0 Å². The van der Waals surface area contributed by atoms with Gasteiger partial charge >= 0.3 is 0 Å². The predicted octanol–water partition coefficient (Wildman–Crippen LogP) is 2.96. The maximum atomic E-state index is 4.24. The van der Waals surface area contributed by atoms with Gasteiger partial charge in [0.1, 0.15) is 0 Å². The van der Waals surface area contributed by atoms with Crippen LogP contribution < -0.4 is 5.32 Å². The van der Waals surface area contributed by atoms with Crippen molar-refractivity contribution in [1.82, 2.24) is 20.3 Å². The van der Waals surface area contributed by atoms with Crippen LogP contribution >= 0.6 is 0 Å². The molecule has 0 unspecified atom stereocenters. The van der Waals surface area contributed by atoms with Crippen molar-refractivity contribution >= 4 is 0 Å². The number of para-hydroxylation sites is 1. The molecule has 1 aromatic heterocycles. The Morgan fingerprint density at radius 2 is 1.90 bits per heavy atom. The molecule has 4 nitrogen and oxygen atoms in total. The lowest BCUT2D eigenvalue weighted by molar-refractivity contribution is 0.799. The Kier molecular flexibility index (Phi) is 3.79. The first kappa shape index (κ1) is 13.5. The highest BCUT2D eigenvalue weighted by Crippen LogP contribution is 2.26. The van der Waals surface area contributed by atoms with E-state index in [2.05, 4.69) is 40.8 Å². The van der Waals surface area contributed by atoms with Crippen molar-refractivity contribution < 1.29 is 0 Å². The van der Waals surface area contributed by atoms with Crippen LogP contribution in [0.2, 0.25) is 0 Å². The van der Waals surface area contributed by atoms with Gasteiger partial charge in [-0.3, -0.25) is 0 Å². The quantitative estimate of drug-likeness (QED) is 0.798. The number of nitrogens with zero attached hydrogens (tertiary/aromatic N) is 3. The lowest BCUT2D eigenvalue weighted by Gasteiger charge is -2.12. The molecule has 0 fully saturated rings. The summed E-state index contributed by atoms with van der Waals surface area (Å²) < 4.78 is 1.88. The molecule has 106 valence electrons. The molecule has 0 bridgehead atoms. The maximum absolute atomic E-state index is 4.24. The summed E-state index contributed by atoms with van der Waals surface area (Å²) in [5, 5.41) is 11.6. The molecule has 1 heterocycles. The number of rotatable bonds is 4. The molecule has 0 spiro atoms. The lowest BCUT2D eigenvalue weighted by atomic mass is 10.0. The van der Waals surface area contributed by atoms with Gasteiger partial charge in [-0.25, -0.2) is 4.68 Å². The minimum atomic E-state index is 0.815. The van der Waals surface area contributed by atoms with E-state index < -0.39 is 0 Å². The first-order valence-electron chi connectivity index (χ1n) is 7.00. The minimum absolute atomic E-state index is 0.815. The minimum Gasteiger partial charge on any atom is -0.316 e. The van der Waals surface area contributed by atoms with Gasteiger partial charge in [0.2, 0.25) is 0 Å². The van der Waals surface area contributed by atoms with Crippen molar-refractivity contribution in [2.24, 2.45) is 0 Å². The Morgan fingerprint density at radius 3 is 2.67 bits per heavy atom. The predicted molar refractivity (Wildman–Crippen MR) is 84.3 cm³/mol. The number of aromatic nitrogens is 3. The summed E-state index contributed by atoms with van der Waals surface area (Å²) in [5.41, 5.74) is 5.66. The van der Waals surface area contributed by atoms with E-state index in [9.17, 15) is 0 Å². The average molecular weight is 278 g/mol. The molecule has 0 saturated carbocycles. The molecular weight excluding hydrogens is 260 g/mol. The third-order valence-electron chi connectivity index (χ3n) is 3.46. The molecular formula is C17H18N4. The highest BCUT2D eigenvalue weighted by Gasteiger charge is 2.12. The van der Waals surface area contributed by atoms with Gasteiger partial charge in [-0.2, -0.15) is 0 Å². The smallest absolute Gasteiger partial charge is 0.0947 e. The van der Waals surface area contributed by atoms with Crippen LogP contribution in [0.15, 0.2) is 54.7 Å².